The molecule has 1 aromatic carbocycles. The minimum Gasteiger partial charge on any atom is -0.481 e. The van der Waals surface area contributed by atoms with Crippen LogP contribution in [0.15, 0.2) is 65.2 Å². The lowest BCUT2D eigenvalue weighted by Gasteiger charge is -2.12. The van der Waals surface area contributed by atoms with E-state index < -0.39 is 5.97 Å². The number of benzene rings is 1. The van der Waals surface area contributed by atoms with E-state index in [-0.39, 0.29) is 18.2 Å². The third kappa shape index (κ3) is 5.79. The van der Waals surface area contributed by atoms with Gasteiger partial charge >= 0.3 is 5.97 Å². The number of carboxylic acid groups (broad SMARTS) is 1. The van der Waals surface area contributed by atoms with Crippen LogP contribution in [0.25, 0.3) is 22.0 Å². The van der Waals surface area contributed by atoms with Gasteiger partial charge in [-0.2, -0.15) is 0 Å². The number of carboxylic acids is 1. The van der Waals surface area contributed by atoms with Crippen LogP contribution in [0.1, 0.15) is 58.6 Å². The van der Waals surface area contributed by atoms with Gasteiger partial charge in [0, 0.05) is 46.4 Å². The summed E-state index contributed by atoms with van der Waals surface area (Å²) in [5.41, 5.74) is 3.50. The Morgan fingerprint density at radius 3 is 2.74 bits per heavy atom. The molecule has 0 saturated carbocycles. The number of aliphatic carboxylic acids is 1. The van der Waals surface area contributed by atoms with Crippen LogP contribution in [0.2, 0.25) is 0 Å². The van der Waals surface area contributed by atoms with Crippen molar-refractivity contribution in [3.8, 4) is 11.1 Å². The predicted octanol–water partition coefficient (Wildman–Crippen LogP) is 8.04. The monoisotopic (exact) mass is 480 g/mol. The number of nitrogens with zero attached hydrogens (tertiary/aromatic N) is 2. The van der Waals surface area contributed by atoms with Crippen molar-refractivity contribution in [2.75, 3.05) is 0 Å². The van der Waals surface area contributed by atoms with E-state index in [0.29, 0.717) is 12.5 Å². The Labute approximate surface area is 205 Å². The van der Waals surface area contributed by atoms with Gasteiger partial charge in [-0.05, 0) is 54.4 Å². The van der Waals surface area contributed by atoms with Crippen LogP contribution in [-0.2, 0) is 11.3 Å². The molecule has 1 unspecified atom stereocenters. The molecule has 3 heterocycles. The van der Waals surface area contributed by atoms with E-state index in [1.54, 1.807) is 36.3 Å². The van der Waals surface area contributed by atoms with E-state index in [1.165, 1.54) is 0 Å². The molecule has 0 fully saturated rings. The van der Waals surface area contributed by atoms with Gasteiger partial charge in [0.2, 0.25) is 0 Å². The first-order valence-electron chi connectivity index (χ1n) is 11.7. The largest absolute Gasteiger partial charge is 0.481 e. The van der Waals surface area contributed by atoms with E-state index in [4.69, 9.17) is 0 Å². The number of aryl methyl sites for hydroxylation is 1. The number of carbonyl (C=O) groups is 1. The number of allylic oxidation sites excluding steroid dienone is 3. The minimum atomic E-state index is -0.803. The van der Waals surface area contributed by atoms with Gasteiger partial charge < -0.3 is 9.67 Å². The third-order valence-electron chi connectivity index (χ3n) is 5.72. The van der Waals surface area contributed by atoms with E-state index >= 15 is 0 Å². The molecular weight excluding hydrogens is 447 g/mol. The summed E-state index contributed by atoms with van der Waals surface area (Å²) in [6.07, 6.45) is 9.46. The highest BCUT2D eigenvalue weighted by molar-refractivity contribution is 8.03. The van der Waals surface area contributed by atoms with Crippen molar-refractivity contribution in [2.45, 2.75) is 64.3 Å². The quantitative estimate of drug-likeness (QED) is 0.275. The Hall–Kier alpha value is -2.86. The van der Waals surface area contributed by atoms with Gasteiger partial charge in [-0.25, -0.2) is 4.39 Å². The molecule has 0 aliphatic carbocycles. The summed E-state index contributed by atoms with van der Waals surface area (Å²) in [4.78, 5) is 17.9. The summed E-state index contributed by atoms with van der Waals surface area (Å²) in [5, 5.41) is 10.4. The van der Waals surface area contributed by atoms with Crippen molar-refractivity contribution in [1.29, 1.82) is 0 Å². The lowest BCUT2D eigenvalue weighted by Crippen LogP contribution is -2.04. The zero-order valence-electron chi connectivity index (χ0n) is 20.3. The number of hydrogen-bond donors (Lipinski definition) is 1. The Kier molecular flexibility index (Phi) is 8.72. The lowest BCUT2D eigenvalue weighted by molar-refractivity contribution is -0.137. The molecule has 180 valence electrons. The molecule has 0 spiro atoms. The summed E-state index contributed by atoms with van der Waals surface area (Å²) in [5.74, 6) is -0.768. The zero-order valence-corrected chi connectivity index (χ0v) is 21.2. The van der Waals surface area contributed by atoms with Crippen LogP contribution < -0.4 is 0 Å². The molecule has 34 heavy (non-hydrogen) atoms. The van der Waals surface area contributed by atoms with Gasteiger partial charge in [-0.15, -0.1) is 6.58 Å². The van der Waals surface area contributed by atoms with Crippen LogP contribution in [-0.4, -0.2) is 20.6 Å². The summed E-state index contributed by atoms with van der Waals surface area (Å²) in [6, 6.07) is 6.92. The number of aromatic nitrogens is 2. The maximum atomic E-state index is 14.7. The molecule has 1 atom stereocenters. The fourth-order valence-electron chi connectivity index (χ4n) is 4.42. The van der Waals surface area contributed by atoms with Crippen LogP contribution in [0.3, 0.4) is 0 Å². The third-order valence-corrected chi connectivity index (χ3v) is 6.80. The molecule has 1 aliphatic rings. The highest BCUT2D eigenvalue weighted by Gasteiger charge is 2.32. The highest BCUT2D eigenvalue weighted by Crippen LogP contribution is 2.49. The Morgan fingerprint density at radius 2 is 2.15 bits per heavy atom. The van der Waals surface area contributed by atoms with E-state index in [1.807, 2.05) is 18.2 Å². The van der Waals surface area contributed by atoms with Crippen molar-refractivity contribution < 1.29 is 14.3 Å². The van der Waals surface area contributed by atoms with Crippen LogP contribution in [0.5, 0.6) is 0 Å². The maximum Gasteiger partial charge on any atom is 0.304 e. The average molecular weight is 481 g/mol. The lowest BCUT2D eigenvalue weighted by atomic mass is 9.98. The second-order valence-electron chi connectivity index (χ2n) is 8.86. The molecule has 4 nitrogen and oxygen atoms in total. The Balaban J connectivity index is 0.000000751. The highest BCUT2D eigenvalue weighted by atomic mass is 32.2. The zero-order chi connectivity index (χ0) is 24.8. The van der Waals surface area contributed by atoms with Gasteiger partial charge in [-0.3, -0.25) is 9.78 Å². The molecule has 1 N–H and O–H groups in total. The second kappa shape index (κ2) is 11.5. The number of fused-ring (bicyclic) bond motifs is 3. The topological polar surface area (TPSA) is 55.1 Å². The number of halogens is 1. The van der Waals surface area contributed by atoms with Crippen LogP contribution in [0, 0.1) is 11.7 Å². The molecule has 4 rings (SSSR count). The molecular formula is C28H33FN2O2S. The molecule has 1 aliphatic heterocycles. The molecule has 0 radical (unpaired) electrons. The van der Waals surface area contributed by atoms with E-state index in [0.717, 1.165) is 50.4 Å². The van der Waals surface area contributed by atoms with Crippen molar-refractivity contribution in [1.82, 2.24) is 9.55 Å². The van der Waals surface area contributed by atoms with Crippen molar-refractivity contribution in [3.05, 3.63) is 71.8 Å². The SMILES string of the molecule is C/C(=C\C(C)C)Sc1c2n(c3cc(F)cc(-c4cccnc4)c13)CCC2CC(=O)O.C=CCC. The standard InChI is InChI=1S/C24H25FN2O2S.C4H8/c1-14(2)9-15(3)30-24-22-19(17-5-4-7-26-13-17)11-18(25)12-20(22)27-8-6-16(23(24)27)10-21(28)29;1-3-4-2/h4-5,7,9,11-14,16H,6,8,10H2,1-3H3,(H,28,29);3H,1,4H2,2H3/b15-9+;. The smallest absolute Gasteiger partial charge is 0.304 e. The van der Waals surface area contributed by atoms with Gasteiger partial charge in [0.15, 0.2) is 0 Å². The van der Waals surface area contributed by atoms with Gasteiger partial charge in [0.05, 0.1) is 11.9 Å². The van der Waals surface area contributed by atoms with Crippen molar-refractivity contribution in [2.24, 2.45) is 5.92 Å². The first-order valence-corrected chi connectivity index (χ1v) is 12.5. The number of hydrogen-bond acceptors (Lipinski definition) is 3. The Morgan fingerprint density at radius 1 is 1.41 bits per heavy atom. The van der Waals surface area contributed by atoms with E-state index in [2.05, 4.69) is 49.9 Å². The molecule has 2 aromatic heterocycles. The normalized spacial score (nSPS) is 15.2. The summed E-state index contributed by atoms with van der Waals surface area (Å²) in [6.45, 7) is 12.6. The van der Waals surface area contributed by atoms with Crippen LogP contribution >= 0.6 is 11.8 Å². The van der Waals surface area contributed by atoms with Gasteiger partial charge in [0.25, 0.3) is 0 Å². The molecule has 0 bridgehead atoms. The fraction of sp³-hybridized carbons (Fsp3) is 0.357. The summed E-state index contributed by atoms with van der Waals surface area (Å²) in [7, 11) is 0. The van der Waals surface area contributed by atoms with Crippen molar-refractivity contribution >= 4 is 28.6 Å². The molecule has 3 aromatic rings. The second-order valence-corrected chi connectivity index (χ2v) is 10.1. The fourth-order valence-corrected chi connectivity index (χ4v) is 5.78. The molecule has 0 amide bonds. The molecule has 6 heteroatoms. The summed E-state index contributed by atoms with van der Waals surface area (Å²) >= 11 is 1.66. The maximum absolute atomic E-state index is 14.7. The molecule has 0 saturated heterocycles. The first kappa shape index (κ1) is 25.8. The number of rotatable bonds is 7. The average Bonchev–Trinajstić information content (AvgIpc) is 3.32. The van der Waals surface area contributed by atoms with Gasteiger partial charge in [-0.1, -0.05) is 50.8 Å². The van der Waals surface area contributed by atoms with Crippen LogP contribution in [0.4, 0.5) is 4.39 Å². The number of thioether (sulfide) groups is 1. The first-order chi connectivity index (χ1) is 16.3. The minimum absolute atomic E-state index is 0.0749. The summed E-state index contributed by atoms with van der Waals surface area (Å²) < 4.78 is 16.8. The van der Waals surface area contributed by atoms with Gasteiger partial charge in [0.1, 0.15) is 5.82 Å². The van der Waals surface area contributed by atoms with Crippen molar-refractivity contribution in [3.63, 3.8) is 0 Å². The number of pyridine rings is 1. The predicted molar refractivity (Wildman–Crippen MR) is 140 cm³/mol. The van der Waals surface area contributed by atoms with E-state index in [9.17, 15) is 14.3 Å². The Bertz CT molecular complexity index is 1200.